The average Bonchev–Trinajstić information content (AvgIpc) is 2.83. The first-order valence-electron chi connectivity index (χ1n) is 10.6. The van der Waals surface area contributed by atoms with E-state index in [0.29, 0.717) is 5.56 Å². The summed E-state index contributed by atoms with van der Waals surface area (Å²) in [5, 5.41) is 3.08. The Hall–Kier alpha value is -3.60. The minimum Gasteiger partial charge on any atom is -0.497 e. The van der Waals surface area contributed by atoms with Gasteiger partial charge in [-0.2, -0.15) is 0 Å². The molecular formula is C27H29NO4. The molecule has 0 radical (unpaired) electrons. The number of nitrogens with one attached hydrogen (secondary N) is 1. The quantitative estimate of drug-likeness (QED) is 0.474. The Kier molecular flexibility index (Phi) is 7.66. The number of carbonyl (C=O) groups excluding carboxylic acids is 2. The molecule has 1 amide bonds. The summed E-state index contributed by atoms with van der Waals surface area (Å²) in [4.78, 5) is 25.4. The van der Waals surface area contributed by atoms with Crippen LogP contribution in [0.4, 0.5) is 0 Å². The molecule has 0 atom stereocenters. The van der Waals surface area contributed by atoms with Crippen LogP contribution < -0.4 is 14.8 Å². The fourth-order valence-corrected chi connectivity index (χ4v) is 3.47. The van der Waals surface area contributed by atoms with Crippen LogP contribution in [0.5, 0.6) is 11.5 Å². The van der Waals surface area contributed by atoms with Gasteiger partial charge in [-0.05, 0) is 66.4 Å². The maximum absolute atomic E-state index is 12.8. The molecule has 0 spiro atoms. The Bertz CT molecular complexity index is 1020. The van der Waals surface area contributed by atoms with Crippen LogP contribution in [-0.2, 0) is 4.79 Å². The number of amides is 1. The first-order chi connectivity index (χ1) is 15.4. The van der Waals surface area contributed by atoms with Crippen molar-refractivity contribution in [1.82, 2.24) is 5.32 Å². The molecule has 0 fully saturated rings. The SMILES string of the molecule is COc1ccc(C(NC(=O)CCC(=O)c2ccc(C)c(C)c2)c2ccc(OC)cc2)cc1. The lowest BCUT2D eigenvalue weighted by molar-refractivity contribution is -0.121. The van der Waals surface area contributed by atoms with E-state index in [0.717, 1.165) is 33.8 Å². The van der Waals surface area contributed by atoms with Crippen molar-refractivity contribution in [3.8, 4) is 11.5 Å². The highest BCUT2D eigenvalue weighted by Crippen LogP contribution is 2.26. The molecule has 0 aliphatic heterocycles. The maximum atomic E-state index is 12.8. The minimum atomic E-state index is -0.351. The van der Waals surface area contributed by atoms with E-state index in [1.54, 1.807) is 14.2 Å². The molecule has 32 heavy (non-hydrogen) atoms. The van der Waals surface area contributed by atoms with E-state index < -0.39 is 0 Å². The molecule has 3 aromatic rings. The third-order valence-electron chi connectivity index (χ3n) is 5.61. The highest BCUT2D eigenvalue weighted by molar-refractivity contribution is 5.98. The summed E-state index contributed by atoms with van der Waals surface area (Å²) >= 11 is 0. The van der Waals surface area contributed by atoms with E-state index in [9.17, 15) is 9.59 Å². The third kappa shape index (κ3) is 5.76. The molecule has 0 saturated heterocycles. The standard InChI is InChI=1S/C27H29NO4/c1-18-5-6-22(17-19(18)2)25(29)15-16-26(30)28-27(20-7-11-23(31-3)12-8-20)21-9-13-24(32-4)14-10-21/h5-14,17,27H,15-16H2,1-4H3,(H,28,30). The highest BCUT2D eigenvalue weighted by Gasteiger charge is 2.18. The summed E-state index contributed by atoms with van der Waals surface area (Å²) in [5.41, 5.74) is 4.69. The van der Waals surface area contributed by atoms with E-state index in [1.807, 2.05) is 80.6 Å². The molecule has 3 rings (SSSR count). The molecule has 0 saturated carbocycles. The molecule has 0 bridgehead atoms. The van der Waals surface area contributed by atoms with Gasteiger partial charge in [-0.25, -0.2) is 0 Å². The van der Waals surface area contributed by atoms with Gasteiger partial charge in [-0.3, -0.25) is 9.59 Å². The molecule has 3 aromatic carbocycles. The molecule has 166 valence electrons. The normalized spacial score (nSPS) is 10.7. The second kappa shape index (κ2) is 10.6. The van der Waals surface area contributed by atoms with E-state index in [-0.39, 0.29) is 30.6 Å². The lowest BCUT2D eigenvalue weighted by atomic mass is 9.97. The van der Waals surface area contributed by atoms with Crippen LogP contribution >= 0.6 is 0 Å². The first kappa shape index (κ1) is 23.1. The molecule has 1 N–H and O–H groups in total. The van der Waals surface area contributed by atoms with Gasteiger partial charge >= 0.3 is 0 Å². The predicted octanol–water partition coefficient (Wildman–Crippen LogP) is 5.19. The van der Waals surface area contributed by atoms with Crippen LogP contribution in [0.2, 0.25) is 0 Å². The Morgan fingerprint density at radius 2 is 1.28 bits per heavy atom. The fourth-order valence-electron chi connectivity index (χ4n) is 3.47. The summed E-state index contributed by atoms with van der Waals surface area (Å²) in [6.07, 6.45) is 0.279. The summed E-state index contributed by atoms with van der Waals surface area (Å²) in [7, 11) is 3.23. The molecule has 0 aliphatic rings. The topological polar surface area (TPSA) is 64.6 Å². The van der Waals surface area contributed by atoms with Gasteiger partial charge in [-0.1, -0.05) is 36.4 Å². The van der Waals surface area contributed by atoms with Crippen molar-refractivity contribution in [3.05, 3.63) is 94.5 Å². The zero-order chi connectivity index (χ0) is 23.1. The number of rotatable bonds is 9. The van der Waals surface area contributed by atoms with Crippen molar-refractivity contribution in [3.63, 3.8) is 0 Å². The number of hydrogen-bond acceptors (Lipinski definition) is 4. The van der Waals surface area contributed by atoms with Crippen LogP contribution in [0.15, 0.2) is 66.7 Å². The number of methoxy groups -OCH3 is 2. The van der Waals surface area contributed by atoms with Gasteiger partial charge in [0, 0.05) is 18.4 Å². The largest absolute Gasteiger partial charge is 0.497 e. The van der Waals surface area contributed by atoms with Crippen molar-refractivity contribution in [2.45, 2.75) is 32.7 Å². The van der Waals surface area contributed by atoms with E-state index in [1.165, 1.54) is 0 Å². The lowest BCUT2D eigenvalue weighted by Gasteiger charge is -2.20. The number of aryl methyl sites for hydroxylation is 2. The number of ether oxygens (including phenoxy) is 2. The monoisotopic (exact) mass is 431 g/mol. The van der Waals surface area contributed by atoms with Crippen molar-refractivity contribution >= 4 is 11.7 Å². The molecule has 5 heteroatoms. The molecule has 0 unspecified atom stereocenters. The summed E-state index contributed by atoms with van der Waals surface area (Å²) in [6, 6.07) is 20.4. The minimum absolute atomic E-state index is 0.0336. The lowest BCUT2D eigenvalue weighted by Crippen LogP contribution is -2.29. The Balaban J connectivity index is 1.73. The van der Waals surface area contributed by atoms with Crippen LogP contribution in [0, 0.1) is 13.8 Å². The molecule has 0 aliphatic carbocycles. The summed E-state index contributed by atoms with van der Waals surface area (Å²) < 4.78 is 10.5. The molecular weight excluding hydrogens is 402 g/mol. The van der Waals surface area contributed by atoms with Gasteiger partial charge in [0.25, 0.3) is 0 Å². The predicted molar refractivity (Wildman–Crippen MR) is 125 cm³/mol. The maximum Gasteiger partial charge on any atom is 0.221 e. The highest BCUT2D eigenvalue weighted by atomic mass is 16.5. The molecule has 0 heterocycles. The van der Waals surface area contributed by atoms with Gasteiger partial charge in [0.2, 0.25) is 5.91 Å². The van der Waals surface area contributed by atoms with Gasteiger partial charge in [0.1, 0.15) is 11.5 Å². The zero-order valence-corrected chi connectivity index (χ0v) is 19.0. The zero-order valence-electron chi connectivity index (χ0n) is 19.0. The van der Waals surface area contributed by atoms with Crippen LogP contribution in [0.25, 0.3) is 0 Å². The van der Waals surface area contributed by atoms with Crippen molar-refractivity contribution in [1.29, 1.82) is 0 Å². The fraction of sp³-hybridized carbons (Fsp3) is 0.259. The summed E-state index contributed by atoms with van der Waals surface area (Å²) in [6.45, 7) is 3.99. The van der Waals surface area contributed by atoms with Crippen LogP contribution in [-0.4, -0.2) is 25.9 Å². The number of benzene rings is 3. The molecule has 0 aromatic heterocycles. The Morgan fingerprint density at radius 1 is 0.750 bits per heavy atom. The number of carbonyl (C=O) groups is 2. The second-order valence-corrected chi connectivity index (χ2v) is 7.77. The van der Waals surface area contributed by atoms with E-state index >= 15 is 0 Å². The molecule has 5 nitrogen and oxygen atoms in total. The van der Waals surface area contributed by atoms with Crippen molar-refractivity contribution in [2.24, 2.45) is 0 Å². The van der Waals surface area contributed by atoms with Crippen molar-refractivity contribution in [2.75, 3.05) is 14.2 Å². The Labute approximate surface area is 189 Å². The first-order valence-corrected chi connectivity index (χ1v) is 10.6. The second-order valence-electron chi connectivity index (χ2n) is 7.77. The number of Topliss-reactive ketones (excluding diaryl/α,β-unsaturated/α-hetero) is 1. The van der Waals surface area contributed by atoms with Gasteiger partial charge in [0.05, 0.1) is 20.3 Å². The third-order valence-corrected chi connectivity index (χ3v) is 5.61. The van der Waals surface area contributed by atoms with Gasteiger partial charge in [0.15, 0.2) is 5.78 Å². The number of hydrogen-bond donors (Lipinski definition) is 1. The average molecular weight is 432 g/mol. The van der Waals surface area contributed by atoms with Crippen LogP contribution in [0.1, 0.15) is 51.5 Å². The van der Waals surface area contributed by atoms with Gasteiger partial charge < -0.3 is 14.8 Å². The van der Waals surface area contributed by atoms with Crippen molar-refractivity contribution < 1.29 is 19.1 Å². The Morgan fingerprint density at radius 3 is 1.75 bits per heavy atom. The van der Waals surface area contributed by atoms with Gasteiger partial charge in [-0.15, -0.1) is 0 Å². The smallest absolute Gasteiger partial charge is 0.221 e. The van der Waals surface area contributed by atoms with E-state index in [2.05, 4.69) is 5.32 Å². The van der Waals surface area contributed by atoms with E-state index in [4.69, 9.17) is 9.47 Å². The number of ketones is 1. The summed E-state index contributed by atoms with van der Waals surface area (Å²) in [5.74, 6) is 1.27. The van der Waals surface area contributed by atoms with Crippen LogP contribution in [0.3, 0.4) is 0 Å².